The summed E-state index contributed by atoms with van der Waals surface area (Å²) in [6.45, 7) is 24.0. The van der Waals surface area contributed by atoms with Crippen molar-refractivity contribution in [1.29, 1.82) is 0 Å². The molecule has 9 aromatic rings. The fraction of sp³-hybridized carbons (Fsp3) is 0.239. The minimum atomic E-state index is -0.505. The first-order valence-corrected chi connectivity index (χ1v) is 26.4. The molecule has 5 aliphatic rings. The first-order chi connectivity index (χ1) is 34.5. The third-order valence-corrected chi connectivity index (χ3v) is 18.2. The van der Waals surface area contributed by atoms with Crippen LogP contribution in [0.5, 0.6) is 0 Å². The number of hydrogen-bond acceptors (Lipinski definition) is 1. The van der Waals surface area contributed by atoms with E-state index in [-0.39, 0.29) is 33.5 Å². The number of benzene rings is 9. The lowest BCUT2D eigenvalue weighted by molar-refractivity contribution is 0.455. The summed E-state index contributed by atoms with van der Waals surface area (Å²) in [6, 6.07) is 66.4. The van der Waals surface area contributed by atoms with E-state index < -0.39 is 5.41 Å². The topological polar surface area (TPSA) is 3.24 Å². The van der Waals surface area contributed by atoms with Gasteiger partial charge in [0.15, 0.2) is 0 Å². The molecule has 1 spiro atoms. The van der Waals surface area contributed by atoms with Crippen LogP contribution in [0.4, 0.5) is 11.4 Å². The maximum absolute atomic E-state index is 2.72. The van der Waals surface area contributed by atoms with E-state index in [0.717, 1.165) is 0 Å². The third kappa shape index (κ3) is 5.60. The molecule has 3 atom stereocenters. The maximum atomic E-state index is 2.72. The van der Waals surface area contributed by atoms with Gasteiger partial charge in [0.1, 0.15) is 0 Å². The van der Waals surface area contributed by atoms with E-state index in [0.29, 0.717) is 0 Å². The van der Waals surface area contributed by atoms with E-state index in [2.05, 4.69) is 262 Å². The van der Waals surface area contributed by atoms with Gasteiger partial charge in [0.05, 0.1) is 5.41 Å². The van der Waals surface area contributed by atoms with Gasteiger partial charge in [-0.2, -0.15) is 0 Å². The summed E-state index contributed by atoms with van der Waals surface area (Å²) in [4.78, 5) is 2.61. The molecule has 14 rings (SSSR count). The van der Waals surface area contributed by atoms with Crippen molar-refractivity contribution in [2.24, 2.45) is 5.92 Å². The highest BCUT2D eigenvalue weighted by Gasteiger charge is 2.57. The zero-order valence-electron chi connectivity index (χ0n) is 43.5. The molecule has 0 saturated carbocycles. The van der Waals surface area contributed by atoms with Crippen molar-refractivity contribution in [1.82, 2.24) is 0 Å². The minimum absolute atomic E-state index is 0.0440. The molecule has 0 amide bonds. The normalized spacial score (nSPS) is 20.1. The third-order valence-electron chi connectivity index (χ3n) is 18.2. The minimum Gasteiger partial charge on any atom is -0.311 e. The van der Waals surface area contributed by atoms with Gasteiger partial charge < -0.3 is 4.90 Å². The van der Waals surface area contributed by atoms with Gasteiger partial charge in [0, 0.05) is 39.7 Å². The molecule has 1 nitrogen and oxygen atoms in total. The highest BCUT2D eigenvalue weighted by atomic mass is 15.1. The van der Waals surface area contributed by atoms with Gasteiger partial charge in [-0.15, -0.1) is 0 Å². The molecular formula is C71H63N. The first kappa shape index (κ1) is 43.6. The molecule has 3 unspecified atom stereocenters. The Kier molecular flexibility index (Phi) is 8.76. The molecule has 352 valence electrons. The van der Waals surface area contributed by atoms with E-state index in [1.165, 1.54) is 128 Å². The Hall–Kier alpha value is -7.22. The van der Waals surface area contributed by atoms with E-state index in [1.54, 1.807) is 0 Å². The van der Waals surface area contributed by atoms with Gasteiger partial charge >= 0.3 is 0 Å². The smallest absolute Gasteiger partial charge is 0.0539 e. The predicted molar refractivity (Wildman–Crippen MR) is 304 cm³/mol. The van der Waals surface area contributed by atoms with Gasteiger partial charge in [0.25, 0.3) is 0 Å². The molecule has 0 radical (unpaired) electrons. The van der Waals surface area contributed by atoms with E-state index >= 15 is 0 Å². The molecule has 0 aliphatic heterocycles. The van der Waals surface area contributed by atoms with E-state index in [9.17, 15) is 0 Å². The van der Waals surface area contributed by atoms with Crippen molar-refractivity contribution in [3.8, 4) is 33.4 Å². The fourth-order valence-electron chi connectivity index (χ4n) is 14.9. The lowest BCUT2D eigenvalue weighted by atomic mass is 9.56. The Morgan fingerprint density at radius 3 is 1.56 bits per heavy atom. The van der Waals surface area contributed by atoms with Gasteiger partial charge in [-0.05, 0) is 152 Å². The number of hydrogen-bond donors (Lipinski definition) is 0. The van der Waals surface area contributed by atoms with E-state index in [1.807, 2.05) is 0 Å². The maximum Gasteiger partial charge on any atom is 0.0539 e. The van der Waals surface area contributed by atoms with Crippen LogP contribution in [0.2, 0.25) is 0 Å². The van der Waals surface area contributed by atoms with Crippen LogP contribution in [0.3, 0.4) is 0 Å². The van der Waals surface area contributed by atoms with Crippen molar-refractivity contribution in [2.75, 3.05) is 4.90 Å². The summed E-state index contributed by atoms with van der Waals surface area (Å²) in [5, 5.41) is 5.47. The van der Waals surface area contributed by atoms with Crippen molar-refractivity contribution in [3.05, 3.63) is 249 Å². The summed E-state index contributed by atoms with van der Waals surface area (Å²) in [5.74, 6) is 0.223. The van der Waals surface area contributed by atoms with Crippen LogP contribution in [0.15, 0.2) is 194 Å². The molecule has 0 heterocycles. The molecule has 0 N–H and O–H groups in total. The Morgan fingerprint density at radius 1 is 0.417 bits per heavy atom. The molecule has 0 aromatic heterocycles. The fourth-order valence-corrected chi connectivity index (χ4v) is 14.9. The number of nitrogens with zero attached hydrogens (tertiary/aromatic N) is 1. The van der Waals surface area contributed by atoms with Crippen molar-refractivity contribution < 1.29 is 0 Å². The zero-order valence-corrected chi connectivity index (χ0v) is 43.5. The Morgan fingerprint density at radius 2 is 0.931 bits per heavy atom. The average molecular weight is 930 g/mol. The molecule has 0 bridgehead atoms. The molecule has 72 heavy (non-hydrogen) atoms. The lowest BCUT2D eigenvalue weighted by Gasteiger charge is -2.46. The van der Waals surface area contributed by atoms with Crippen molar-refractivity contribution in [2.45, 2.75) is 102 Å². The largest absolute Gasteiger partial charge is 0.311 e. The van der Waals surface area contributed by atoms with Crippen LogP contribution in [-0.4, -0.2) is 0 Å². The highest BCUT2D eigenvalue weighted by Crippen LogP contribution is 2.67. The summed E-state index contributed by atoms with van der Waals surface area (Å²) in [6.07, 6.45) is 7.76. The molecular weight excluding hydrogens is 867 g/mol. The SMILES string of the molecule is CC(C)(C)c1cc2c(c3ccccc13)-c1ccc(C(C)(C)C)c3cccc(c13)C21c2ccccc2C2C=CC(N(c3ccc4c(c3)C(C)(C)c3ccccc3-4)c3ccc4c(c3)C(C)(C)c3ccccc3-4)=CC21. The monoisotopic (exact) mass is 929 g/mol. The molecule has 0 saturated heterocycles. The van der Waals surface area contributed by atoms with Gasteiger partial charge in [-0.3, -0.25) is 0 Å². The number of rotatable bonds is 3. The van der Waals surface area contributed by atoms with Crippen LogP contribution in [0.1, 0.15) is 131 Å². The summed E-state index contributed by atoms with van der Waals surface area (Å²) < 4.78 is 0. The van der Waals surface area contributed by atoms with Gasteiger partial charge in [-0.1, -0.05) is 227 Å². The standard InChI is InChI=1S/C71H63N/c1-67(2,3)55-37-36-54-65-52-24-12-11-23-48(52)60(68(4,5)6)41-64(65)71(59-29-19-25-53(55)66(54)59)58-28-18-15-22-47(58)51-35-32-44(40-63(51)71)72(42-30-33-49-45-20-13-16-26-56(45)69(7,8)61(49)38-42)43-31-34-50-46-21-14-17-27-57(46)70(9,10)62(50)39-43/h11-41,51,63H,1-10H3. The highest BCUT2D eigenvalue weighted by molar-refractivity contribution is 6.13. The molecule has 1 heteroatoms. The number of fused-ring (bicyclic) bond motifs is 17. The molecule has 0 fully saturated rings. The second kappa shape index (κ2) is 14.5. The Bertz CT molecular complexity index is 3800. The second-order valence-electron chi connectivity index (χ2n) is 24.8. The van der Waals surface area contributed by atoms with Crippen LogP contribution >= 0.6 is 0 Å². The molecule has 5 aliphatic carbocycles. The summed E-state index contributed by atoms with van der Waals surface area (Å²) >= 11 is 0. The first-order valence-electron chi connectivity index (χ1n) is 26.4. The summed E-state index contributed by atoms with van der Waals surface area (Å²) in [5.41, 5.74) is 24.8. The van der Waals surface area contributed by atoms with Gasteiger partial charge in [0.2, 0.25) is 0 Å². The quantitative estimate of drug-likeness (QED) is 0.171. The predicted octanol–water partition coefficient (Wildman–Crippen LogP) is 18.5. The van der Waals surface area contributed by atoms with E-state index in [4.69, 9.17) is 0 Å². The zero-order chi connectivity index (χ0) is 49.4. The molecule has 9 aromatic carbocycles. The number of allylic oxidation sites excluding steroid dienone is 3. The average Bonchev–Trinajstić information content (AvgIpc) is 3.88. The van der Waals surface area contributed by atoms with Crippen molar-refractivity contribution in [3.63, 3.8) is 0 Å². The van der Waals surface area contributed by atoms with Crippen LogP contribution in [0, 0.1) is 5.92 Å². The van der Waals surface area contributed by atoms with Crippen molar-refractivity contribution >= 4 is 32.9 Å². The Balaban J connectivity index is 1.08. The second-order valence-corrected chi connectivity index (χ2v) is 24.8. The van der Waals surface area contributed by atoms with Gasteiger partial charge in [-0.25, -0.2) is 0 Å². The van der Waals surface area contributed by atoms with Crippen LogP contribution in [0.25, 0.3) is 54.9 Å². The van der Waals surface area contributed by atoms with Crippen LogP contribution in [-0.2, 0) is 27.1 Å². The van der Waals surface area contributed by atoms with Crippen LogP contribution < -0.4 is 4.90 Å². The number of anilines is 2. The lowest BCUT2D eigenvalue weighted by Crippen LogP contribution is -2.39. The summed E-state index contributed by atoms with van der Waals surface area (Å²) in [7, 11) is 0. The Labute approximate surface area is 426 Å².